The average Bonchev–Trinajstić information content (AvgIpc) is 2.83. The fourth-order valence-electron chi connectivity index (χ4n) is 2.36. The summed E-state index contributed by atoms with van der Waals surface area (Å²) in [5.41, 5.74) is 0.655. The summed E-state index contributed by atoms with van der Waals surface area (Å²) in [7, 11) is 0. The normalized spacial score (nSPS) is 21.6. The first-order valence-corrected chi connectivity index (χ1v) is 6.70. The van der Waals surface area contributed by atoms with Crippen LogP contribution in [-0.2, 0) is 16.0 Å². The molecule has 1 aliphatic rings. The lowest BCUT2D eigenvalue weighted by Gasteiger charge is -2.23. The molecule has 20 heavy (non-hydrogen) atoms. The second-order valence-corrected chi connectivity index (χ2v) is 5.37. The first kappa shape index (κ1) is 14.5. The van der Waals surface area contributed by atoms with Crippen molar-refractivity contribution in [3.63, 3.8) is 0 Å². The molecular weight excluding hydrogens is 258 g/mol. The van der Waals surface area contributed by atoms with Crippen molar-refractivity contribution in [1.82, 2.24) is 5.32 Å². The monoisotopic (exact) mass is 277 g/mol. The standard InChI is InChI=1S/C15H19NO4/c1-15(8-9-20-10-15)16-13(17)7-6-11-4-2-3-5-12(11)14(18)19/h2-5H,6-10H2,1H3,(H,16,17)(H,18,19). The maximum Gasteiger partial charge on any atom is 0.335 e. The maximum atomic E-state index is 11.9. The van der Waals surface area contributed by atoms with Crippen molar-refractivity contribution < 1.29 is 19.4 Å². The van der Waals surface area contributed by atoms with E-state index < -0.39 is 5.97 Å². The van der Waals surface area contributed by atoms with E-state index in [0.717, 1.165) is 6.42 Å². The zero-order valence-corrected chi connectivity index (χ0v) is 11.5. The van der Waals surface area contributed by atoms with E-state index in [1.54, 1.807) is 24.3 Å². The highest BCUT2D eigenvalue weighted by Crippen LogP contribution is 2.18. The van der Waals surface area contributed by atoms with E-state index >= 15 is 0 Å². The molecule has 1 heterocycles. The van der Waals surface area contributed by atoms with Gasteiger partial charge in [0.15, 0.2) is 0 Å². The molecule has 1 unspecified atom stereocenters. The van der Waals surface area contributed by atoms with Crippen LogP contribution in [0.15, 0.2) is 24.3 Å². The highest BCUT2D eigenvalue weighted by atomic mass is 16.5. The molecular formula is C15H19NO4. The first-order valence-electron chi connectivity index (χ1n) is 6.70. The third kappa shape index (κ3) is 3.57. The fraction of sp³-hybridized carbons (Fsp3) is 0.467. The Morgan fingerprint density at radius 1 is 1.40 bits per heavy atom. The number of carbonyl (C=O) groups excluding carboxylic acids is 1. The second-order valence-electron chi connectivity index (χ2n) is 5.37. The number of hydrogen-bond acceptors (Lipinski definition) is 3. The predicted octanol–water partition coefficient (Wildman–Crippen LogP) is 1.61. The van der Waals surface area contributed by atoms with Crippen molar-refractivity contribution in [2.45, 2.75) is 31.7 Å². The Balaban J connectivity index is 1.92. The number of rotatable bonds is 5. The van der Waals surface area contributed by atoms with Gasteiger partial charge >= 0.3 is 5.97 Å². The molecule has 0 spiro atoms. The maximum absolute atomic E-state index is 11.9. The van der Waals surface area contributed by atoms with Crippen molar-refractivity contribution in [3.8, 4) is 0 Å². The summed E-state index contributed by atoms with van der Waals surface area (Å²) in [5, 5.41) is 12.0. The van der Waals surface area contributed by atoms with Gasteiger partial charge in [-0.2, -0.15) is 0 Å². The zero-order chi connectivity index (χ0) is 14.6. The molecule has 1 aliphatic heterocycles. The van der Waals surface area contributed by atoms with Crippen molar-refractivity contribution in [1.29, 1.82) is 0 Å². The Labute approximate surface area is 117 Å². The van der Waals surface area contributed by atoms with Crippen molar-refractivity contribution in [2.75, 3.05) is 13.2 Å². The minimum atomic E-state index is -0.961. The van der Waals surface area contributed by atoms with Gasteiger partial charge in [0.1, 0.15) is 0 Å². The molecule has 1 aromatic rings. The van der Waals surface area contributed by atoms with E-state index in [9.17, 15) is 9.59 Å². The average molecular weight is 277 g/mol. The zero-order valence-electron chi connectivity index (χ0n) is 11.5. The first-order chi connectivity index (χ1) is 9.50. The van der Waals surface area contributed by atoms with Crippen molar-refractivity contribution in [2.24, 2.45) is 0 Å². The van der Waals surface area contributed by atoms with Gasteiger partial charge in [-0.1, -0.05) is 18.2 Å². The largest absolute Gasteiger partial charge is 0.478 e. The third-order valence-corrected chi connectivity index (χ3v) is 3.53. The molecule has 1 amide bonds. The van der Waals surface area contributed by atoms with Crippen LogP contribution in [0.3, 0.4) is 0 Å². The van der Waals surface area contributed by atoms with Crippen LogP contribution >= 0.6 is 0 Å². The Hall–Kier alpha value is -1.88. The smallest absolute Gasteiger partial charge is 0.335 e. The van der Waals surface area contributed by atoms with Gasteiger partial charge in [-0.15, -0.1) is 0 Å². The van der Waals surface area contributed by atoms with E-state index in [-0.39, 0.29) is 23.4 Å². The summed E-state index contributed by atoms with van der Waals surface area (Å²) in [5.74, 6) is -1.03. The molecule has 0 radical (unpaired) electrons. The van der Waals surface area contributed by atoms with E-state index in [2.05, 4.69) is 5.32 Å². The molecule has 1 saturated heterocycles. The number of aryl methyl sites for hydroxylation is 1. The van der Waals surface area contributed by atoms with Gasteiger partial charge in [0.2, 0.25) is 5.91 Å². The highest BCUT2D eigenvalue weighted by Gasteiger charge is 2.30. The van der Waals surface area contributed by atoms with Crippen LogP contribution < -0.4 is 5.32 Å². The molecule has 1 atom stereocenters. The van der Waals surface area contributed by atoms with Crippen molar-refractivity contribution >= 4 is 11.9 Å². The highest BCUT2D eigenvalue weighted by molar-refractivity contribution is 5.89. The molecule has 108 valence electrons. The quantitative estimate of drug-likeness (QED) is 0.857. The summed E-state index contributed by atoms with van der Waals surface area (Å²) in [6, 6.07) is 6.77. The van der Waals surface area contributed by atoms with E-state index in [4.69, 9.17) is 9.84 Å². The van der Waals surface area contributed by atoms with Gasteiger partial charge in [0, 0.05) is 13.0 Å². The molecule has 0 aromatic heterocycles. The second kappa shape index (κ2) is 6.05. The lowest BCUT2D eigenvalue weighted by Crippen LogP contribution is -2.46. The molecule has 0 bridgehead atoms. The molecule has 5 nitrogen and oxygen atoms in total. The number of aromatic carboxylic acids is 1. The topological polar surface area (TPSA) is 75.6 Å². The number of carboxylic acids is 1. The van der Waals surface area contributed by atoms with E-state index in [1.165, 1.54) is 0 Å². The molecule has 2 N–H and O–H groups in total. The van der Waals surface area contributed by atoms with Gasteiger partial charge in [0.25, 0.3) is 0 Å². The van der Waals surface area contributed by atoms with E-state index in [1.807, 2.05) is 6.92 Å². The molecule has 0 aliphatic carbocycles. The number of benzene rings is 1. The number of nitrogens with one attached hydrogen (secondary N) is 1. The predicted molar refractivity (Wildman–Crippen MR) is 73.7 cm³/mol. The van der Waals surface area contributed by atoms with Gasteiger partial charge < -0.3 is 15.2 Å². The van der Waals surface area contributed by atoms with Gasteiger partial charge in [-0.25, -0.2) is 4.79 Å². The van der Waals surface area contributed by atoms with Gasteiger partial charge in [-0.05, 0) is 31.4 Å². The summed E-state index contributed by atoms with van der Waals surface area (Å²) >= 11 is 0. The molecule has 5 heteroatoms. The van der Waals surface area contributed by atoms with Crippen LogP contribution in [0.25, 0.3) is 0 Å². The number of carboxylic acid groups (broad SMARTS) is 1. The number of carbonyl (C=O) groups is 2. The van der Waals surface area contributed by atoms with Crippen LogP contribution in [0.2, 0.25) is 0 Å². The molecule has 1 aromatic carbocycles. The van der Waals surface area contributed by atoms with Crippen LogP contribution in [0, 0.1) is 0 Å². The summed E-state index contributed by atoms with van der Waals surface area (Å²) in [6.07, 6.45) is 1.51. The fourth-order valence-corrected chi connectivity index (χ4v) is 2.36. The van der Waals surface area contributed by atoms with Crippen LogP contribution in [0.1, 0.15) is 35.7 Å². The van der Waals surface area contributed by atoms with Gasteiger partial charge in [-0.3, -0.25) is 4.79 Å². The van der Waals surface area contributed by atoms with E-state index in [0.29, 0.717) is 25.2 Å². The van der Waals surface area contributed by atoms with Gasteiger partial charge in [0.05, 0.1) is 17.7 Å². The number of amides is 1. The number of hydrogen-bond donors (Lipinski definition) is 2. The SMILES string of the molecule is CC1(NC(=O)CCc2ccccc2C(=O)O)CCOC1. The van der Waals surface area contributed by atoms with Crippen LogP contribution in [0.4, 0.5) is 0 Å². The molecule has 1 fully saturated rings. The summed E-state index contributed by atoms with van der Waals surface area (Å²) in [6.45, 7) is 3.16. The molecule has 0 saturated carbocycles. The molecule has 2 rings (SSSR count). The lowest BCUT2D eigenvalue weighted by molar-refractivity contribution is -0.122. The Morgan fingerprint density at radius 3 is 2.80 bits per heavy atom. The lowest BCUT2D eigenvalue weighted by atomic mass is 10.00. The summed E-state index contributed by atoms with van der Waals surface area (Å²) in [4.78, 5) is 23.0. The Kier molecular flexibility index (Phi) is 4.39. The van der Waals surface area contributed by atoms with Crippen LogP contribution in [-0.4, -0.2) is 35.7 Å². The minimum Gasteiger partial charge on any atom is -0.478 e. The van der Waals surface area contributed by atoms with Crippen molar-refractivity contribution in [3.05, 3.63) is 35.4 Å². The summed E-state index contributed by atoms with van der Waals surface area (Å²) < 4.78 is 5.28. The Bertz CT molecular complexity index is 506. The Morgan fingerprint density at radius 2 is 2.15 bits per heavy atom. The number of ether oxygens (including phenoxy) is 1. The minimum absolute atomic E-state index is 0.0711. The van der Waals surface area contributed by atoms with Crippen LogP contribution in [0.5, 0.6) is 0 Å². The third-order valence-electron chi connectivity index (χ3n) is 3.53.